The summed E-state index contributed by atoms with van der Waals surface area (Å²) in [6, 6.07) is 0.0396. The molecule has 0 saturated carbocycles. The molecule has 0 aromatic heterocycles. The zero-order valence-corrected chi connectivity index (χ0v) is 8.65. The molecular weight excluding hydrogens is 190 g/mol. The summed E-state index contributed by atoms with van der Waals surface area (Å²) < 4.78 is 27.5. The first-order valence-electron chi connectivity index (χ1n) is 4.61. The molecule has 0 unspecified atom stereocenters. The van der Waals surface area contributed by atoms with Gasteiger partial charge in [0.1, 0.15) is 0 Å². The minimum atomic E-state index is -3.27. The van der Waals surface area contributed by atoms with E-state index in [0.29, 0.717) is 6.54 Å². The van der Waals surface area contributed by atoms with Crippen LogP contribution < -0.4 is 14.8 Å². The highest BCUT2D eigenvalue weighted by Gasteiger charge is 2.18. The standard InChI is InChI=1S/C7H17N3O2S/c1-2-9-13(11,12)10-7-4-3-5-8-6-7/h7-10H,2-6H2,1H3/t7-/m0/s1. The second-order valence-corrected chi connectivity index (χ2v) is 4.69. The third kappa shape index (κ3) is 4.04. The highest BCUT2D eigenvalue weighted by molar-refractivity contribution is 7.87. The quantitative estimate of drug-likeness (QED) is 0.564. The summed E-state index contributed by atoms with van der Waals surface area (Å²) in [6.45, 7) is 3.90. The molecule has 1 saturated heterocycles. The summed E-state index contributed by atoms with van der Waals surface area (Å²) in [5, 5.41) is 3.14. The first-order chi connectivity index (χ1) is 6.14. The van der Waals surface area contributed by atoms with Crippen molar-refractivity contribution >= 4 is 10.2 Å². The van der Waals surface area contributed by atoms with Crippen LogP contribution in [0.1, 0.15) is 19.8 Å². The van der Waals surface area contributed by atoms with Gasteiger partial charge >= 0.3 is 0 Å². The van der Waals surface area contributed by atoms with Crippen molar-refractivity contribution in [3.05, 3.63) is 0 Å². The van der Waals surface area contributed by atoms with Crippen LogP contribution in [0, 0.1) is 0 Å². The van der Waals surface area contributed by atoms with Gasteiger partial charge in [-0.25, -0.2) is 4.72 Å². The lowest BCUT2D eigenvalue weighted by Crippen LogP contribution is -2.49. The van der Waals surface area contributed by atoms with Crippen LogP contribution in [0.4, 0.5) is 0 Å². The van der Waals surface area contributed by atoms with E-state index >= 15 is 0 Å². The summed E-state index contributed by atoms with van der Waals surface area (Å²) in [4.78, 5) is 0. The van der Waals surface area contributed by atoms with Crippen LogP contribution in [0.5, 0.6) is 0 Å². The smallest absolute Gasteiger partial charge is 0.277 e. The Morgan fingerprint density at radius 3 is 2.85 bits per heavy atom. The Balaban J connectivity index is 2.37. The maximum Gasteiger partial charge on any atom is 0.277 e. The molecule has 0 aromatic carbocycles. The summed E-state index contributed by atoms with van der Waals surface area (Å²) >= 11 is 0. The maximum atomic E-state index is 11.2. The van der Waals surface area contributed by atoms with E-state index in [0.717, 1.165) is 25.9 Å². The van der Waals surface area contributed by atoms with Gasteiger partial charge in [-0.2, -0.15) is 13.1 Å². The highest BCUT2D eigenvalue weighted by atomic mass is 32.2. The van der Waals surface area contributed by atoms with Crippen molar-refractivity contribution in [3.63, 3.8) is 0 Å². The molecule has 1 atom stereocenters. The SMILES string of the molecule is CCNS(=O)(=O)N[C@H]1CCCNC1. The van der Waals surface area contributed by atoms with Gasteiger partial charge in [0.25, 0.3) is 10.2 Å². The molecule has 0 aromatic rings. The molecule has 3 N–H and O–H groups in total. The first kappa shape index (κ1) is 10.9. The fraction of sp³-hybridized carbons (Fsp3) is 1.00. The van der Waals surface area contributed by atoms with Gasteiger partial charge in [0.2, 0.25) is 0 Å². The van der Waals surface area contributed by atoms with Gasteiger partial charge in [0.05, 0.1) is 0 Å². The number of hydrogen-bond donors (Lipinski definition) is 3. The van der Waals surface area contributed by atoms with E-state index in [9.17, 15) is 8.42 Å². The van der Waals surface area contributed by atoms with Gasteiger partial charge in [-0.15, -0.1) is 0 Å². The summed E-state index contributed by atoms with van der Waals surface area (Å²) in [5.74, 6) is 0. The predicted molar refractivity (Wildman–Crippen MR) is 51.6 cm³/mol. The summed E-state index contributed by atoms with van der Waals surface area (Å²) in [6.07, 6.45) is 1.94. The van der Waals surface area contributed by atoms with Gasteiger partial charge in [-0.1, -0.05) is 6.92 Å². The van der Waals surface area contributed by atoms with Crippen LogP contribution in [0.3, 0.4) is 0 Å². The van der Waals surface area contributed by atoms with E-state index in [2.05, 4.69) is 14.8 Å². The minimum absolute atomic E-state index is 0.0396. The third-order valence-electron chi connectivity index (χ3n) is 1.95. The van der Waals surface area contributed by atoms with Crippen molar-refractivity contribution in [1.29, 1.82) is 0 Å². The van der Waals surface area contributed by atoms with Crippen molar-refractivity contribution in [2.45, 2.75) is 25.8 Å². The summed E-state index contributed by atoms with van der Waals surface area (Å²) in [7, 11) is -3.27. The van der Waals surface area contributed by atoms with Crippen molar-refractivity contribution in [2.75, 3.05) is 19.6 Å². The van der Waals surface area contributed by atoms with Gasteiger partial charge in [-0.05, 0) is 19.4 Å². The van der Waals surface area contributed by atoms with Crippen LogP contribution >= 0.6 is 0 Å². The Kier molecular flexibility index (Phi) is 4.11. The molecule has 0 aliphatic carbocycles. The number of nitrogens with one attached hydrogen (secondary N) is 3. The molecule has 1 aliphatic heterocycles. The molecule has 1 rings (SSSR count). The Labute approximate surface area is 79.5 Å². The van der Waals surface area contributed by atoms with Crippen LogP contribution in [-0.2, 0) is 10.2 Å². The van der Waals surface area contributed by atoms with E-state index in [1.54, 1.807) is 6.92 Å². The van der Waals surface area contributed by atoms with Gasteiger partial charge in [-0.3, -0.25) is 0 Å². The molecule has 0 bridgehead atoms. The number of hydrogen-bond acceptors (Lipinski definition) is 3. The number of rotatable bonds is 4. The average Bonchev–Trinajstić information content (AvgIpc) is 2.04. The molecule has 1 aliphatic rings. The molecule has 0 radical (unpaired) electrons. The van der Waals surface area contributed by atoms with E-state index in [1.807, 2.05) is 0 Å². The first-order valence-corrected chi connectivity index (χ1v) is 6.10. The number of piperidine rings is 1. The Bertz CT molecular complexity index is 234. The normalized spacial score (nSPS) is 24.5. The van der Waals surface area contributed by atoms with Gasteiger partial charge < -0.3 is 5.32 Å². The molecule has 78 valence electrons. The minimum Gasteiger partial charge on any atom is -0.315 e. The van der Waals surface area contributed by atoms with E-state index in [-0.39, 0.29) is 6.04 Å². The van der Waals surface area contributed by atoms with Gasteiger partial charge in [0.15, 0.2) is 0 Å². The molecule has 0 spiro atoms. The fourth-order valence-electron chi connectivity index (χ4n) is 1.40. The molecule has 1 fully saturated rings. The van der Waals surface area contributed by atoms with E-state index < -0.39 is 10.2 Å². The van der Waals surface area contributed by atoms with E-state index in [4.69, 9.17) is 0 Å². The largest absolute Gasteiger partial charge is 0.315 e. The third-order valence-corrected chi connectivity index (χ3v) is 3.27. The summed E-state index contributed by atoms with van der Waals surface area (Å²) in [5.41, 5.74) is 0. The topological polar surface area (TPSA) is 70.2 Å². The molecule has 1 heterocycles. The molecule has 6 heteroatoms. The lowest BCUT2D eigenvalue weighted by atomic mass is 10.1. The fourth-order valence-corrected chi connectivity index (χ4v) is 2.51. The average molecular weight is 207 g/mol. The second-order valence-electron chi connectivity index (χ2n) is 3.16. The molecular formula is C7H17N3O2S. The lowest BCUT2D eigenvalue weighted by molar-refractivity contribution is 0.426. The van der Waals surface area contributed by atoms with Crippen LogP contribution in [0.25, 0.3) is 0 Å². The Morgan fingerprint density at radius 1 is 1.54 bits per heavy atom. The van der Waals surface area contributed by atoms with Crippen molar-refractivity contribution in [3.8, 4) is 0 Å². The monoisotopic (exact) mass is 207 g/mol. The molecule has 5 nitrogen and oxygen atoms in total. The molecule has 13 heavy (non-hydrogen) atoms. The highest BCUT2D eigenvalue weighted by Crippen LogP contribution is 2.01. The van der Waals surface area contributed by atoms with Crippen molar-refractivity contribution in [1.82, 2.24) is 14.8 Å². The zero-order valence-electron chi connectivity index (χ0n) is 7.84. The molecule has 0 amide bonds. The Morgan fingerprint density at radius 2 is 2.31 bits per heavy atom. The zero-order chi connectivity index (χ0) is 9.73. The van der Waals surface area contributed by atoms with Crippen LogP contribution in [-0.4, -0.2) is 34.1 Å². The van der Waals surface area contributed by atoms with Crippen molar-refractivity contribution in [2.24, 2.45) is 0 Å². The maximum absolute atomic E-state index is 11.2. The van der Waals surface area contributed by atoms with Crippen molar-refractivity contribution < 1.29 is 8.42 Å². The van der Waals surface area contributed by atoms with Crippen LogP contribution in [0.15, 0.2) is 0 Å². The lowest BCUT2D eigenvalue weighted by Gasteiger charge is -2.23. The second kappa shape index (κ2) is 4.90. The van der Waals surface area contributed by atoms with Gasteiger partial charge in [0, 0.05) is 19.1 Å². The van der Waals surface area contributed by atoms with E-state index in [1.165, 1.54) is 0 Å². The van der Waals surface area contributed by atoms with Crippen LogP contribution in [0.2, 0.25) is 0 Å². The Hall–Kier alpha value is -0.170. The predicted octanol–water partition coefficient (Wildman–Crippen LogP) is -0.818.